The molecule has 4 N–H and O–H groups in total. The van der Waals surface area contributed by atoms with Gasteiger partial charge >= 0.3 is 6.03 Å². The van der Waals surface area contributed by atoms with E-state index in [-0.39, 0.29) is 0 Å². The number of nitrogens with one attached hydrogen (secondary N) is 4. The zero-order valence-electron chi connectivity index (χ0n) is 11.3. The van der Waals surface area contributed by atoms with Crippen molar-refractivity contribution in [3.63, 3.8) is 0 Å². The van der Waals surface area contributed by atoms with Crippen LogP contribution in [0.25, 0.3) is 0 Å². The Hall–Kier alpha value is -2.37. The van der Waals surface area contributed by atoms with Crippen LogP contribution in [0, 0.1) is 0 Å². The van der Waals surface area contributed by atoms with Gasteiger partial charge in [0.25, 0.3) is 0 Å². The molecule has 0 radical (unpaired) electrons. The Morgan fingerprint density at radius 1 is 1.00 bits per heavy atom. The van der Waals surface area contributed by atoms with E-state index in [1.54, 1.807) is 30.3 Å². The van der Waals surface area contributed by atoms with Crippen LogP contribution in [0.3, 0.4) is 0 Å². The van der Waals surface area contributed by atoms with Crippen LogP contribution in [0.2, 0.25) is 10.0 Å². The van der Waals surface area contributed by atoms with Crippen LogP contribution in [0.1, 0.15) is 0 Å². The summed E-state index contributed by atoms with van der Waals surface area (Å²) in [5, 5.41) is 12.4. The van der Waals surface area contributed by atoms with Gasteiger partial charge in [0, 0.05) is 10.7 Å². The number of anilines is 4. The molecule has 1 heterocycles. The van der Waals surface area contributed by atoms with Gasteiger partial charge in [0.2, 0.25) is 0 Å². The third-order valence-corrected chi connectivity index (χ3v) is 3.59. The molecule has 0 atom stereocenters. The van der Waals surface area contributed by atoms with Crippen molar-refractivity contribution in [2.24, 2.45) is 0 Å². The summed E-state index contributed by atoms with van der Waals surface area (Å²) in [5.41, 5.74) is 2.84. The highest BCUT2D eigenvalue weighted by atomic mass is 35.5. The monoisotopic (exact) mass is 334 g/mol. The van der Waals surface area contributed by atoms with Crippen molar-refractivity contribution in [3.8, 4) is 0 Å². The molecule has 7 heteroatoms. The number of fused-ring (bicyclic) bond motifs is 1. The highest BCUT2D eigenvalue weighted by Crippen LogP contribution is 2.32. The summed E-state index contributed by atoms with van der Waals surface area (Å²) in [7, 11) is 0. The molecule has 0 saturated heterocycles. The molecular weight excluding hydrogens is 323 g/mol. The van der Waals surface area contributed by atoms with Crippen LogP contribution in [-0.4, -0.2) is 6.03 Å². The SMILES string of the molecule is C=C1Nc2ccc(NC(=O)Nc3cc(Cl)ccc3Cl)cc2N1. The second-order valence-electron chi connectivity index (χ2n) is 4.69. The molecule has 112 valence electrons. The van der Waals surface area contributed by atoms with E-state index < -0.39 is 6.03 Å². The second kappa shape index (κ2) is 5.79. The number of rotatable bonds is 2. The smallest absolute Gasteiger partial charge is 0.323 e. The van der Waals surface area contributed by atoms with Crippen molar-refractivity contribution < 1.29 is 4.79 Å². The molecule has 0 bridgehead atoms. The quantitative estimate of drug-likeness (QED) is 0.628. The third-order valence-electron chi connectivity index (χ3n) is 3.03. The fourth-order valence-electron chi connectivity index (χ4n) is 2.07. The van der Waals surface area contributed by atoms with Gasteiger partial charge in [-0.25, -0.2) is 4.79 Å². The Kier molecular flexibility index (Phi) is 3.83. The lowest BCUT2D eigenvalue weighted by molar-refractivity contribution is 0.262. The number of halogens is 2. The van der Waals surface area contributed by atoms with Gasteiger partial charge in [0.05, 0.1) is 22.1 Å². The van der Waals surface area contributed by atoms with Crippen molar-refractivity contribution in [1.29, 1.82) is 0 Å². The van der Waals surface area contributed by atoms with E-state index >= 15 is 0 Å². The molecule has 2 aromatic carbocycles. The van der Waals surface area contributed by atoms with Gasteiger partial charge in [-0.05, 0) is 36.4 Å². The van der Waals surface area contributed by atoms with Gasteiger partial charge in [-0.1, -0.05) is 29.8 Å². The highest BCUT2D eigenvalue weighted by molar-refractivity contribution is 6.35. The summed E-state index contributed by atoms with van der Waals surface area (Å²) in [4.78, 5) is 12.0. The molecule has 0 saturated carbocycles. The van der Waals surface area contributed by atoms with Crippen LogP contribution in [0.4, 0.5) is 27.5 Å². The average molecular weight is 335 g/mol. The number of amides is 2. The molecule has 1 aliphatic rings. The Bertz CT molecular complexity index is 776. The molecule has 3 rings (SSSR count). The predicted octanol–water partition coefficient (Wildman–Crippen LogP) is 4.95. The molecule has 0 unspecified atom stereocenters. The van der Waals surface area contributed by atoms with Crippen LogP contribution in [-0.2, 0) is 0 Å². The normalized spacial score (nSPS) is 12.2. The van der Waals surface area contributed by atoms with Gasteiger partial charge in [0.15, 0.2) is 0 Å². The van der Waals surface area contributed by atoms with E-state index in [1.165, 1.54) is 0 Å². The molecule has 0 aromatic heterocycles. The van der Waals surface area contributed by atoms with Crippen LogP contribution >= 0.6 is 23.2 Å². The second-order valence-corrected chi connectivity index (χ2v) is 5.54. The lowest BCUT2D eigenvalue weighted by Gasteiger charge is -2.10. The van der Waals surface area contributed by atoms with Crippen molar-refractivity contribution >= 4 is 52.0 Å². The van der Waals surface area contributed by atoms with Gasteiger partial charge in [-0.2, -0.15) is 0 Å². The van der Waals surface area contributed by atoms with E-state index in [1.807, 2.05) is 6.07 Å². The molecule has 2 aromatic rings. The standard InChI is InChI=1S/C15H12Cl2N4O/c1-8-18-12-5-3-10(7-14(12)19-8)20-15(22)21-13-6-9(16)2-4-11(13)17/h2-7,18-19H,1H2,(H2,20,21,22). The number of benzene rings is 2. The maximum atomic E-state index is 12.0. The molecular formula is C15H12Cl2N4O. The number of carbonyl (C=O) groups is 1. The minimum Gasteiger partial charge on any atom is -0.341 e. The van der Waals surface area contributed by atoms with Crippen molar-refractivity contribution in [3.05, 3.63) is 58.8 Å². The maximum Gasteiger partial charge on any atom is 0.323 e. The molecule has 22 heavy (non-hydrogen) atoms. The summed E-state index contributed by atoms with van der Waals surface area (Å²) < 4.78 is 0. The van der Waals surface area contributed by atoms with E-state index in [9.17, 15) is 4.79 Å². The molecule has 1 aliphatic heterocycles. The zero-order chi connectivity index (χ0) is 15.7. The lowest BCUT2D eigenvalue weighted by Crippen LogP contribution is -2.19. The van der Waals surface area contributed by atoms with Crippen molar-refractivity contribution in [2.75, 3.05) is 21.3 Å². The first-order valence-corrected chi connectivity index (χ1v) is 7.17. The van der Waals surface area contributed by atoms with E-state index in [0.29, 0.717) is 27.2 Å². The fourth-order valence-corrected chi connectivity index (χ4v) is 2.41. The summed E-state index contributed by atoms with van der Waals surface area (Å²) in [5.74, 6) is 0.697. The van der Waals surface area contributed by atoms with Crippen LogP contribution in [0.15, 0.2) is 48.8 Å². The summed E-state index contributed by atoms with van der Waals surface area (Å²) in [6, 6.07) is 9.89. The van der Waals surface area contributed by atoms with Gasteiger partial charge in [0.1, 0.15) is 5.82 Å². The van der Waals surface area contributed by atoms with Gasteiger partial charge in [-0.15, -0.1) is 0 Å². The Morgan fingerprint density at radius 2 is 1.77 bits per heavy atom. The van der Waals surface area contributed by atoms with Gasteiger partial charge < -0.3 is 21.3 Å². The molecule has 0 spiro atoms. The number of carbonyl (C=O) groups excluding carboxylic acids is 1. The first-order valence-electron chi connectivity index (χ1n) is 6.41. The average Bonchev–Trinajstić information content (AvgIpc) is 2.82. The Balaban J connectivity index is 1.71. The van der Waals surface area contributed by atoms with Crippen LogP contribution in [0.5, 0.6) is 0 Å². The molecule has 2 amide bonds. The predicted molar refractivity (Wildman–Crippen MR) is 91.9 cm³/mol. The third kappa shape index (κ3) is 3.10. The Labute approximate surface area is 137 Å². The van der Waals surface area contributed by atoms with Gasteiger partial charge in [-0.3, -0.25) is 0 Å². The van der Waals surface area contributed by atoms with Crippen LogP contribution < -0.4 is 21.3 Å². The number of hydrogen-bond donors (Lipinski definition) is 4. The van der Waals surface area contributed by atoms with E-state index in [2.05, 4.69) is 27.8 Å². The fraction of sp³-hybridized carbons (Fsp3) is 0. The topological polar surface area (TPSA) is 65.2 Å². The van der Waals surface area contributed by atoms with E-state index in [0.717, 1.165) is 11.4 Å². The molecule has 0 aliphatic carbocycles. The maximum absolute atomic E-state index is 12.0. The largest absolute Gasteiger partial charge is 0.341 e. The lowest BCUT2D eigenvalue weighted by atomic mass is 10.2. The highest BCUT2D eigenvalue weighted by Gasteiger charge is 2.13. The first-order chi connectivity index (χ1) is 10.5. The summed E-state index contributed by atoms with van der Waals surface area (Å²) in [6.07, 6.45) is 0. The molecule has 5 nitrogen and oxygen atoms in total. The summed E-state index contributed by atoms with van der Waals surface area (Å²) in [6.45, 7) is 3.78. The number of hydrogen-bond acceptors (Lipinski definition) is 3. The number of urea groups is 1. The summed E-state index contributed by atoms with van der Waals surface area (Å²) >= 11 is 11.9. The first kappa shape index (κ1) is 14.6. The van der Waals surface area contributed by atoms with Crippen molar-refractivity contribution in [2.45, 2.75) is 0 Å². The molecule has 0 fully saturated rings. The minimum atomic E-state index is -0.408. The van der Waals surface area contributed by atoms with E-state index in [4.69, 9.17) is 23.2 Å². The van der Waals surface area contributed by atoms with Crippen molar-refractivity contribution in [1.82, 2.24) is 0 Å². The minimum absolute atomic E-state index is 0.408. The Morgan fingerprint density at radius 3 is 2.59 bits per heavy atom. The zero-order valence-corrected chi connectivity index (χ0v) is 12.8.